The molecule has 1 spiro atoms. The summed E-state index contributed by atoms with van der Waals surface area (Å²) in [5, 5.41) is 3.15. The van der Waals surface area contributed by atoms with Gasteiger partial charge in [0.25, 0.3) is 5.91 Å². The van der Waals surface area contributed by atoms with Crippen LogP contribution in [0.3, 0.4) is 0 Å². The summed E-state index contributed by atoms with van der Waals surface area (Å²) >= 11 is 0. The first-order valence-electron chi connectivity index (χ1n) is 11.1. The third-order valence-corrected chi connectivity index (χ3v) is 6.49. The number of benzene rings is 2. The molecule has 6 nitrogen and oxygen atoms in total. The van der Waals surface area contributed by atoms with E-state index >= 15 is 0 Å². The van der Waals surface area contributed by atoms with Gasteiger partial charge < -0.3 is 19.7 Å². The SMILES string of the molecule is CCC(Oc1cccc(OC)c1)C(=O)N1C[C@@H](c2cccc(F)c2)[C@@]2(CCCC(=O)N2)C1. The molecule has 170 valence electrons. The first-order chi connectivity index (χ1) is 15.4. The summed E-state index contributed by atoms with van der Waals surface area (Å²) in [6.45, 7) is 2.69. The monoisotopic (exact) mass is 440 g/mol. The molecule has 2 aliphatic rings. The van der Waals surface area contributed by atoms with Gasteiger partial charge >= 0.3 is 0 Å². The highest BCUT2D eigenvalue weighted by Crippen LogP contribution is 2.42. The van der Waals surface area contributed by atoms with E-state index < -0.39 is 11.6 Å². The number of hydrogen-bond acceptors (Lipinski definition) is 4. The van der Waals surface area contributed by atoms with Crippen molar-refractivity contribution in [3.05, 3.63) is 59.9 Å². The minimum absolute atomic E-state index is 0.0216. The van der Waals surface area contributed by atoms with Crippen LogP contribution >= 0.6 is 0 Å². The first kappa shape index (κ1) is 22.1. The van der Waals surface area contributed by atoms with E-state index in [4.69, 9.17) is 9.47 Å². The molecule has 0 radical (unpaired) electrons. The Morgan fingerprint density at radius 2 is 2.03 bits per heavy atom. The number of ether oxygens (including phenoxy) is 2. The number of carbonyl (C=O) groups is 2. The largest absolute Gasteiger partial charge is 0.497 e. The molecule has 2 amide bonds. The Labute approximate surface area is 187 Å². The van der Waals surface area contributed by atoms with Crippen LogP contribution in [-0.2, 0) is 9.59 Å². The van der Waals surface area contributed by atoms with Gasteiger partial charge in [-0.25, -0.2) is 4.39 Å². The highest BCUT2D eigenvalue weighted by Gasteiger charge is 2.51. The molecule has 2 fully saturated rings. The Kier molecular flexibility index (Phi) is 6.35. The van der Waals surface area contributed by atoms with Crippen molar-refractivity contribution in [1.82, 2.24) is 10.2 Å². The second-order valence-corrected chi connectivity index (χ2v) is 8.58. The zero-order valence-corrected chi connectivity index (χ0v) is 18.5. The fourth-order valence-corrected chi connectivity index (χ4v) is 4.92. The average molecular weight is 441 g/mol. The molecule has 2 aromatic rings. The molecule has 0 bridgehead atoms. The van der Waals surface area contributed by atoms with E-state index in [9.17, 15) is 14.0 Å². The van der Waals surface area contributed by atoms with Crippen LogP contribution in [-0.4, -0.2) is 48.6 Å². The van der Waals surface area contributed by atoms with Gasteiger partial charge in [0, 0.05) is 31.5 Å². The number of halogens is 1. The molecule has 1 N–H and O–H groups in total. The smallest absolute Gasteiger partial charge is 0.263 e. The Morgan fingerprint density at radius 1 is 1.25 bits per heavy atom. The Hall–Kier alpha value is -3.09. The van der Waals surface area contributed by atoms with Crippen molar-refractivity contribution in [2.75, 3.05) is 20.2 Å². The molecule has 4 rings (SSSR count). The van der Waals surface area contributed by atoms with Crippen molar-refractivity contribution < 1.29 is 23.5 Å². The zero-order valence-electron chi connectivity index (χ0n) is 18.5. The number of piperidine rings is 1. The first-order valence-corrected chi connectivity index (χ1v) is 11.1. The Balaban J connectivity index is 1.58. The van der Waals surface area contributed by atoms with Gasteiger partial charge in [0.2, 0.25) is 5.91 Å². The number of hydrogen-bond donors (Lipinski definition) is 1. The predicted molar refractivity (Wildman–Crippen MR) is 118 cm³/mol. The summed E-state index contributed by atoms with van der Waals surface area (Å²) in [6.07, 6.45) is 1.80. The number of likely N-dealkylation sites (tertiary alicyclic amines) is 1. The quantitative estimate of drug-likeness (QED) is 0.745. The van der Waals surface area contributed by atoms with Crippen LogP contribution in [0.4, 0.5) is 4.39 Å². The summed E-state index contributed by atoms with van der Waals surface area (Å²) in [5.74, 6) is 0.560. The Bertz CT molecular complexity index is 997. The maximum atomic E-state index is 14.0. The summed E-state index contributed by atoms with van der Waals surface area (Å²) in [4.78, 5) is 27.5. The average Bonchev–Trinajstić information content (AvgIpc) is 3.15. The van der Waals surface area contributed by atoms with E-state index in [1.54, 1.807) is 30.2 Å². The fraction of sp³-hybridized carbons (Fsp3) is 0.440. The number of nitrogens with one attached hydrogen (secondary N) is 1. The lowest BCUT2D eigenvalue weighted by atomic mass is 9.76. The van der Waals surface area contributed by atoms with Gasteiger partial charge in [0.05, 0.1) is 12.6 Å². The lowest BCUT2D eigenvalue weighted by molar-refractivity contribution is -0.138. The summed E-state index contributed by atoms with van der Waals surface area (Å²) in [7, 11) is 1.58. The normalized spacial score (nSPS) is 23.7. The van der Waals surface area contributed by atoms with Crippen LogP contribution in [0, 0.1) is 5.82 Å². The van der Waals surface area contributed by atoms with Gasteiger partial charge in [-0.05, 0) is 49.1 Å². The molecule has 1 unspecified atom stereocenters. The second kappa shape index (κ2) is 9.18. The van der Waals surface area contributed by atoms with Crippen molar-refractivity contribution in [1.29, 1.82) is 0 Å². The van der Waals surface area contributed by atoms with E-state index in [-0.39, 0.29) is 23.5 Å². The van der Waals surface area contributed by atoms with Gasteiger partial charge in [-0.1, -0.05) is 25.1 Å². The van der Waals surface area contributed by atoms with Gasteiger partial charge in [-0.3, -0.25) is 9.59 Å². The number of rotatable bonds is 6. The van der Waals surface area contributed by atoms with Crippen LogP contribution in [0.1, 0.15) is 44.1 Å². The summed E-state index contributed by atoms with van der Waals surface area (Å²) in [5.41, 5.74) is 0.205. The van der Waals surface area contributed by atoms with Crippen molar-refractivity contribution >= 4 is 11.8 Å². The topological polar surface area (TPSA) is 67.9 Å². The van der Waals surface area contributed by atoms with Crippen LogP contribution in [0.2, 0.25) is 0 Å². The van der Waals surface area contributed by atoms with Gasteiger partial charge in [-0.2, -0.15) is 0 Å². The standard InChI is InChI=1S/C25H29FN2O4/c1-3-22(32-20-10-5-9-19(14-20)31-2)24(30)28-15-21(17-7-4-8-18(26)13-17)25(16-28)12-6-11-23(29)27-25/h4-5,7-10,13-14,21-22H,3,6,11-12,15-16H2,1-2H3,(H,27,29)/t21-,22?,25+/m0/s1. The highest BCUT2D eigenvalue weighted by atomic mass is 19.1. The van der Waals surface area contributed by atoms with Crippen molar-refractivity contribution in [2.45, 2.75) is 50.2 Å². The highest BCUT2D eigenvalue weighted by molar-refractivity contribution is 5.83. The van der Waals surface area contributed by atoms with Gasteiger partial charge in [0.1, 0.15) is 17.3 Å². The molecule has 2 heterocycles. The van der Waals surface area contributed by atoms with E-state index in [1.807, 2.05) is 25.1 Å². The predicted octanol–water partition coefficient (Wildman–Crippen LogP) is 3.66. The molecule has 0 aliphatic carbocycles. The van der Waals surface area contributed by atoms with E-state index in [0.717, 1.165) is 18.4 Å². The molecule has 2 saturated heterocycles. The van der Waals surface area contributed by atoms with E-state index in [1.165, 1.54) is 12.1 Å². The minimum Gasteiger partial charge on any atom is -0.497 e. The molecule has 2 aliphatic heterocycles. The number of carbonyl (C=O) groups excluding carboxylic acids is 2. The van der Waals surface area contributed by atoms with Crippen LogP contribution in [0.5, 0.6) is 11.5 Å². The number of methoxy groups -OCH3 is 1. The molecular weight excluding hydrogens is 411 g/mol. The van der Waals surface area contributed by atoms with E-state index in [2.05, 4.69) is 5.32 Å². The number of amides is 2. The second-order valence-electron chi connectivity index (χ2n) is 8.58. The lowest BCUT2D eigenvalue weighted by Gasteiger charge is -2.39. The van der Waals surface area contributed by atoms with Crippen molar-refractivity contribution in [3.63, 3.8) is 0 Å². The maximum Gasteiger partial charge on any atom is 0.263 e. The molecule has 0 aromatic heterocycles. The summed E-state index contributed by atoms with van der Waals surface area (Å²) in [6, 6.07) is 13.6. The van der Waals surface area contributed by atoms with Crippen molar-refractivity contribution in [3.8, 4) is 11.5 Å². The Morgan fingerprint density at radius 3 is 2.75 bits per heavy atom. The summed E-state index contributed by atoms with van der Waals surface area (Å²) < 4.78 is 25.3. The fourth-order valence-electron chi connectivity index (χ4n) is 4.92. The molecular formula is C25H29FN2O4. The minimum atomic E-state index is -0.662. The molecule has 0 saturated carbocycles. The van der Waals surface area contributed by atoms with Gasteiger partial charge in [0.15, 0.2) is 6.10 Å². The van der Waals surface area contributed by atoms with Crippen LogP contribution in [0.15, 0.2) is 48.5 Å². The molecule has 32 heavy (non-hydrogen) atoms. The third-order valence-electron chi connectivity index (χ3n) is 6.49. The third kappa shape index (κ3) is 4.42. The molecule has 3 atom stereocenters. The molecule has 2 aromatic carbocycles. The van der Waals surface area contributed by atoms with Crippen LogP contribution in [0.25, 0.3) is 0 Å². The van der Waals surface area contributed by atoms with Crippen molar-refractivity contribution in [2.24, 2.45) is 0 Å². The van der Waals surface area contributed by atoms with Crippen LogP contribution < -0.4 is 14.8 Å². The van der Waals surface area contributed by atoms with E-state index in [0.29, 0.717) is 37.4 Å². The molecule has 7 heteroatoms. The maximum absolute atomic E-state index is 14.0. The van der Waals surface area contributed by atoms with Gasteiger partial charge in [-0.15, -0.1) is 0 Å². The lowest BCUT2D eigenvalue weighted by Crippen LogP contribution is -2.56. The zero-order chi connectivity index (χ0) is 22.7. The number of nitrogens with zero attached hydrogens (tertiary/aromatic N) is 1.